The molecule has 2 aromatic carbocycles. The molecule has 0 radical (unpaired) electrons. The van der Waals surface area contributed by atoms with E-state index in [0.717, 1.165) is 25.7 Å². The van der Waals surface area contributed by atoms with E-state index >= 15 is 0 Å². The van der Waals surface area contributed by atoms with Crippen molar-refractivity contribution in [2.45, 2.75) is 25.7 Å². The lowest BCUT2D eigenvalue weighted by Crippen LogP contribution is -1.94. The van der Waals surface area contributed by atoms with Crippen LogP contribution in [0.5, 0.6) is 0 Å². The molecule has 0 bridgehead atoms. The van der Waals surface area contributed by atoms with Gasteiger partial charge in [-0.05, 0) is 42.4 Å². The predicted molar refractivity (Wildman–Crippen MR) is 81.4 cm³/mol. The van der Waals surface area contributed by atoms with Crippen LogP contribution in [-0.4, -0.2) is 13.1 Å². The van der Waals surface area contributed by atoms with Gasteiger partial charge < -0.3 is 4.74 Å². The molecule has 0 aliphatic heterocycles. The second kappa shape index (κ2) is 8.16. The third kappa shape index (κ3) is 4.23. The number of carbonyl (C=O) groups is 1. The fraction of sp³-hybridized carbons (Fsp3) is 0.278. The summed E-state index contributed by atoms with van der Waals surface area (Å²) >= 11 is 0. The highest BCUT2D eigenvalue weighted by Gasteiger charge is 2.03. The average Bonchev–Trinajstić information content (AvgIpc) is 2.52. The number of rotatable bonds is 8. The Kier molecular flexibility index (Phi) is 5.84. The topological polar surface area (TPSA) is 26.3 Å². The molecule has 0 aliphatic rings. The second-order valence-corrected chi connectivity index (χ2v) is 4.80. The molecule has 0 aromatic heterocycles. The van der Waals surface area contributed by atoms with E-state index in [0.29, 0.717) is 13.1 Å². The highest BCUT2D eigenvalue weighted by atomic mass is 16.5. The van der Waals surface area contributed by atoms with Crippen LogP contribution >= 0.6 is 0 Å². The van der Waals surface area contributed by atoms with Crippen molar-refractivity contribution in [2.24, 2.45) is 0 Å². The fourth-order valence-corrected chi connectivity index (χ4v) is 2.36. The van der Waals surface area contributed by atoms with Gasteiger partial charge in [0.1, 0.15) is 0 Å². The third-order valence-corrected chi connectivity index (χ3v) is 3.38. The molecule has 2 nitrogen and oxygen atoms in total. The highest BCUT2D eigenvalue weighted by Crippen LogP contribution is 2.24. The summed E-state index contributed by atoms with van der Waals surface area (Å²) in [5.41, 5.74) is 3.97. The van der Waals surface area contributed by atoms with Crippen LogP contribution in [0.25, 0.3) is 11.1 Å². The summed E-state index contributed by atoms with van der Waals surface area (Å²) in [7, 11) is 0. The lowest BCUT2D eigenvalue weighted by molar-refractivity contribution is -0.128. The fourth-order valence-electron chi connectivity index (χ4n) is 2.36. The first-order valence-electron chi connectivity index (χ1n) is 7.10. The van der Waals surface area contributed by atoms with E-state index < -0.39 is 0 Å². The van der Waals surface area contributed by atoms with Gasteiger partial charge in [0.05, 0.1) is 6.61 Å². The van der Waals surface area contributed by atoms with Crippen molar-refractivity contribution in [1.29, 1.82) is 0 Å². The summed E-state index contributed by atoms with van der Waals surface area (Å²) in [6.07, 6.45) is 4.20. The normalized spacial score (nSPS) is 10.2. The first-order chi connectivity index (χ1) is 9.92. The van der Waals surface area contributed by atoms with Gasteiger partial charge in [0.15, 0.2) is 0 Å². The quantitative estimate of drug-likeness (QED) is 0.529. The molecule has 20 heavy (non-hydrogen) atoms. The molecular weight excluding hydrogens is 248 g/mol. The van der Waals surface area contributed by atoms with E-state index in [4.69, 9.17) is 4.74 Å². The molecule has 0 spiro atoms. The van der Waals surface area contributed by atoms with Gasteiger partial charge in [-0.1, -0.05) is 54.6 Å². The first-order valence-corrected chi connectivity index (χ1v) is 7.10. The van der Waals surface area contributed by atoms with Crippen LogP contribution in [0, 0.1) is 0 Å². The molecule has 0 fully saturated rings. The van der Waals surface area contributed by atoms with Crippen molar-refractivity contribution in [3.05, 3.63) is 60.2 Å². The zero-order chi connectivity index (χ0) is 14.0. The summed E-state index contributed by atoms with van der Waals surface area (Å²) in [6, 6.07) is 19.0. The van der Waals surface area contributed by atoms with Gasteiger partial charge in [-0.3, -0.25) is 4.79 Å². The molecule has 0 unspecified atom stereocenters. The number of aryl methyl sites for hydroxylation is 1. The summed E-state index contributed by atoms with van der Waals surface area (Å²) in [5.74, 6) is 0. The molecule has 2 aromatic rings. The Hall–Kier alpha value is -2.09. The maximum atomic E-state index is 10.0. The molecular formula is C18H20O2. The monoisotopic (exact) mass is 268 g/mol. The minimum atomic E-state index is 0.519. The first kappa shape index (κ1) is 14.3. The summed E-state index contributed by atoms with van der Waals surface area (Å²) < 4.78 is 4.70. The smallest absolute Gasteiger partial charge is 0.293 e. The van der Waals surface area contributed by atoms with Crippen molar-refractivity contribution in [1.82, 2.24) is 0 Å². The molecule has 0 saturated heterocycles. The van der Waals surface area contributed by atoms with E-state index in [1.54, 1.807) is 0 Å². The van der Waals surface area contributed by atoms with E-state index in [1.165, 1.54) is 16.7 Å². The van der Waals surface area contributed by atoms with Crippen LogP contribution in [0.15, 0.2) is 54.6 Å². The molecule has 0 heterocycles. The number of ether oxygens (including phenoxy) is 1. The maximum absolute atomic E-state index is 10.0. The van der Waals surface area contributed by atoms with Crippen molar-refractivity contribution in [3.8, 4) is 11.1 Å². The predicted octanol–water partition coefficient (Wildman–Crippen LogP) is 4.24. The SMILES string of the molecule is O=COCCCCCc1ccccc1-c1ccccc1. The lowest BCUT2D eigenvalue weighted by Gasteiger charge is -2.09. The van der Waals surface area contributed by atoms with Gasteiger partial charge in [-0.15, -0.1) is 0 Å². The Labute approximate surface area is 120 Å². The van der Waals surface area contributed by atoms with E-state index in [1.807, 2.05) is 6.07 Å². The van der Waals surface area contributed by atoms with Crippen molar-refractivity contribution in [3.63, 3.8) is 0 Å². The molecule has 0 saturated carbocycles. The molecule has 2 heteroatoms. The summed E-state index contributed by atoms with van der Waals surface area (Å²) in [4.78, 5) is 10.0. The minimum absolute atomic E-state index is 0.519. The zero-order valence-electron chi connectivity index (χ0n) is 11.6. The van der Waals surface area contributed by atoms with Crippen LogP contribution in [-0.2, 0) is 16.0 Å². The van der Waals surface area contributed by atoms with Gasteiger partial charge in [-0.25, -0.2) is 0 Å². The Morgan fingerprint density at radius 2 is 1.60 bits per heavy atom. The number of hydrogen-bond acceptors (Lipinski definition) is 2. The van der Waals surface area contributed by atoms with Crippen LogP contribution in [0.3, 0.4) is 0 Å². The summed E-state index contributed by atoms with van der Waals surface area (Å²) in [6.45, 7) is 1.05. The van der Waals surface area contributed by atoms with Gasteiger partial charge in [-0.2, -0.15) is 0 Å². The minimum Gasteiger partial charge on any atom is -0.468 e. The van der Waals surface area contributed by atoms with Crippen LogP contribution < -0.4 is 0 Å². The van der Waals surface area contributed by atoms with Crippen LogP contribution in [0.1, 0.15) is 24.8 Å². The van der Waals surface area contributed by atoms with Crippen LogP contribution in [0.4, 0.5) is 0 Å². The Morgan fingerprint density at radius 1 is 0.850 bits per heavy atom. The van der Waals surface area contributed by atoms with Crippen molar-refractivity contribution < 1.29 is 9.53 Å². The molecule has 104 valence electrons. The molecule has 0 aliphatic carbocycles. The van der Waals surface area contributed by atoms with E-state index in [-0.39, 0.29) is 0 Å². The zero-order valence-corrected chi connectivity index (χ0v) is 11.6. The second-order valence-electron chi connectivity index (χ2n) is 4.80. The molecule has 0 amide bonds. The third-order valence-electron chi connectivity index (χ3n) is 3.38. The number of benzene rings is 2. The maximum Gasteiger partial charge on any atom is 0.293 e. The summed E-state index contributed by atoms with van der Waals surface area (Å²) in [5, 5.41) is 0. The van der Waals surface area contributed by atoms with Gasteiger partial charge in [0.25, 0.3) is 6.47 Å². The Morgan fingerprint density at radius 3 is 2.40 bits per heavy atom. The highest BCUT2D eigenvalue weighted by molar-refractivity contribution is 5.67. The number of hydrogen-bond donors (Lipinski definition) is 0. The lowest BCUT2D eigenvalue weighted by atomic mass is 9.96. The Balaban J connectivity index is 1.93. The number of unbranched alkanes of at least 4 members (excludes halogenated alkanes) is 2. The van der Waals surface area contributed by atoms with Gasteiger partial charge in [0, 0.05) is 0 Å². The average molecular weight is 268 g/mol. The molecule has 2 rings (SSSR count). The molecule has 0 atom stereocenters. The van der Waals surface area contributed by atoms with E-state index in [2.05, 4.69) is 48.5 Å². The number of carbonyl (C=O) groups excluding carboxylic acids is 1. The van der Waals surface area contributed by atoms with Crippen molar-refractivity contribution in [2.75, 3.05) is 6.61 Å². The Bertz CT molecular complexity index is 520. The van der Waals surface area contributed by atoms with E-state index in [9.17, 15) is 4.79 Å². The van der Waals surface area contributed by atoms with Crippen LogP contribution in [0.2, 0.25) is 0 Å². The van der Waals surface area contributed by atoms with Gasteiger partial charge in [0.2, 0.25) is 0 Å². The van der Waals surface area contributed by atoms with Crippen molar-refractivity contribution >= 4 is 6.47 Å². The van der Waals surface area contributed by atoms with Gasteiger partial charge >= 0.3 is 0 Å². The largest absolute Gasteiger partial charge is 0.468 e. The molecule has 0 N–H and O–H groups in total. The standard InChI is InChI=1S/C18H20O2/c19-15-20-14-8-2-5-11-17-12-6-7-13-18(17)16-9-3-1-4-10-16/h1,3-4,6-7,9-10,12-13,15H,2,5,8,11,14H2.